The van der Waals surface area contributed by atoms with Crippen molar-refractivity contribution in [1.29, 1.82) is 0 Å². The van der Waals surface area contributed by atoms with Crippen LogP contribution in [-0.2, 0) is 11.2 Å². The molecule has 140 valence electrons. The lowest BCUT2D eigenvalue weighted by atomic mass is 10.2. The molecular formula is C18H15N7O3. The van der Waals surface area contributed by atoms with Crippen molar-refractivity contribution >= 4 is 5.97 Å². The van der Waals surface area contributed by atoms with Gasteiger partial charge in [-0.15, -0.1) is 5.10 Å². The van der Waals surface area contributed by atoms with E-state index in [2.05, 4.69) is 30.7 Å². The van der Waals surface area contributed by atoms with Gasteiger partial charge < -0.3 is 9.26 Å². The van der Waals surface area contributed by atoms with Crippen LogP contribution in [0.5, 0.6) is 0 Å². The summed E-state index contributed by atoms with van der Waals surface area (Å²) < 4.78 is 12.0. The number of ether oxygens (including phenoxy) is 1. The number of nitrogens with zero attached hydrogens (tertiary/aromatic N) is 7. The molecule has 0 amide bonds. The Bertz CT molecular complexity index is 1050. The summed E-state index contributed by atoms with van der Waals surface area (Å²) in [6.45, 7) is 0.216. The second-order valence-electron chi connectivity index (χ2n) is 5.76. The first kappa shape index (κ1) is 17.5. The first-order valence-corrected chi connectivity index (χ1v) is 8.54. The van der Waals surface area contributed by atoms with E-state index in [-0.39, 0.29) is 6.61 Å². The second kappa shape index (κ2) is 8.16. The average Bonchev–Trinajstić information content (AvgIpc) is 3.44. The topological polar surface area (TPSA) is 122 Å². The molecule has 0 N–H and O–H groups in total. The lowest BCUT2D eigenvalue weighted by Gasteiger charge is -2.08. The summed E-state index contributed by atoms with van der Waals surface area (Å²) in [6, 6.07) is 10.6. The van der Waals surface area contributed by atoms with Crippen molar-refractivity contribution in [2.24, 2.45) is 0 Å². The van der Waals surface area contributed by atoms with E-state index in [0.717, 1.165) is 5.56 Å². The highest BCUT2D eigenvalue weighted by molar-refractivity contribution is 5.93. The third kappa shape index (κ3) is 3.90. The molecule has 10 heteroatoms. The van der Waals surface area contributed by atoms with Gasteiger partial charge in [0, 0.05) is 24.4 Å². The Morgan fingerprint density at radius 3 is 2.93 bits per heavy atom. The van der Waals surface area contributed by atoms with Crippen molar-refractivity contribution in [1.82, 2.24) is 35.3 Å². The number of rotatable bonds is 7. The number of hydrogen-bond acceptors (Lipinski definition) is 9. The van der Waals surface area contributed by atoms with Crippen LogP contribution in [0.1, 0.15) is 22.7 Å². The lowest BCUT2D eigenvalue weighted by molar-refractivity contribution is 0.0498. The maximum atomic E-state index is 12.4. The van der Waals surface area contributed by atoms with Gasteiger partial charge in [0.2, 0.25) is 11.7 Å². The number of aryl methyl sites for hydroxylation is 1. The number of aromatic nitrogens is 7. The van der Waals surface area contributed by atoms with E-state index >= 15 is 0 Å². The zero-order valence-electron chi connectivity index (χ0n) is 14.7. The minimum atomic E-state index is -0.451. The van der Waals surface area contributed by atoms with Crippen LogP contribution in [0.3, 0.4) is 0 Å². The van der Waals surface area contributed by atoms with Crippen LogP contribution in [0.4, 0.5) is 0 Å². The molecule has 0 spiro atoms. The van der Waals surface area contributed by atoms with Crippen molar-refractivity contribution in [3.8, 4) is 17.1 Å². The van der Waals surface area contributed by atoms with Gasteiger partial charge in [-0.25, -0.2) is 4.79 Å². The molecule has 0 aliphatic rings. The van der Waals surface area contributed by atoms with Gasteiger partial charge in [-0.3, -0.25) is 4.98 Å². The molecule has 0 aliphatic carbocycles. The Morgan fingerprint density at radius 2 is 2.11 bits per heavy atom. The molecule has 10 nitrogen and oxygen atoms in total. The number of esters is 1. The minimum absolute atomic E-state index is 0.216. The lowest BCUT2D eigenvalue weighted by Crippen LogP contribution is -2.11. The summed E-state index contributed by atoms with van der Waals surface area (Å²) in [5, 5.41) is 14.9. The number of carbonyl (C=O) groups excluding carboxylic acids is 1. The number of tetrazole rings is 1. The van der Waals surface area contributed by atoms with E-state index in [1.54, 1.807) is 42.7 Å². The smallest absolute Gasteiger partial charge is 0.340 e. The fourth-order valence-corrected chi connectivity index (χ4v) is 2.55. The molecular weight excluding hydrogens is 362 g/mol. The fraction of sp³-hybridized carbons (Fsp3) is 0.167. The molecule has 28 heavy (non-hydrogen) atoms. The van der Waals surface area contributed by atoms with Crippen LogP contribution in [0.25, 0.3) is 17.1 Å². The molecule has 0 fully saturated rings. The fourth-order valence-electron chi connectivity index (χ4n) is 2.55. The van der Waals surface area contributed by atoms with Crippen LogP contribution < -0.4 is 0 Å². The van der Waals surface area contributed by atoms with Crippen LogP contribution in [0.15, 0.2) is 59.6 Å². The highest BCUT2D eigenvalue weighted by atomic mass is 16.5. The van der Waals surface area contributed by atoms with Gasteiger partial charge in [0.1, 0.15) is 6.33 Å². The number of pyridine rings is 1. The molecule has 0 bridgehead atoms. The van der Waals surface area contributed by atoms with Crippen LogP contribution in [0.2, 0.25) is 0 Å². The number of para-hydroxylation sites is 1. The van der Waals surface area contributed by atoms with Gasteiger partial charge in [0.25, 0.3) is 0 Å². The highest BCUT2D eigenvalue weighted by Gasteiger charge is 2.15. The van der Waals surface area contributed by atoms with E-state index in [4.69, 9.17) is 9.26 Å². The standard InChI is InChI=1S/C18H15N7O3/c26-18(14-6-1-2-7-15(14)25-12-20-23-24-25)27-10-4-8-16-21-17(22-28-16)13-5-3-9-19-11-13/h1-3,5-7,9,11-12H,4,8,10H2. The summed E-state index contributed by atoms with van der Waals surface area (Å²) in [6.07, 6.45) is 5.80. The molecule has 0 saturated heterocycles. The molecule has 0 unspecified atom stereocenters. The van der Waals surface area contributed by atoms with Crippen molar-refractivity contribution < 1.29 is 14.1 Å². The SMILES string of the molecule is O=C(OCCCc1nc(-c2cccnc2)no1)c1ccccc1-n1cnnn1. The summed E-state index contributed by atoms with van der Waals surface area (Å²) in [4.78, 5) is 20.7. The summed E-state index contributed by atoms with van der Waals surface area (Å²) in [7, 11) is 0. The molecule has 1 aromatic carbocycles. The minimum Gasteiger partial charge on any atom is -0.462 e. The first-order valence-electron chi connectivity index (χ1n) is 8.54. The van der Waals surface area contributed by atoms with Crippen molar-refractivity contribution in [2.75, 3.05) is 6.61 Å². The van der Waals surface area contributed by atoms with Gasteiger partial charge in [-0.2, -0.15) is 9.67 Å². The normalized spacial score (nSPS) is 10.7. The Balaban J connectivity index is 1.32. The van der Waals surface area contributed by atoms with E-state index in [9.17, 15) is 4.79 Å². The quantitative estimate of drug-likeness (QED) is 0.351. The Labute approximate surface area is 159 Å². The first-order chi connectivity index (χ1) is 13.8. The molecule has 4 rings (SSSR count). The third-order valence-corrected chi connectivity index (χ3v) is 3.88. The summed E-state index contributed by atoms with van der Waals surface area (Å²) in [5.74, 6) is 0.507. The maximum Gasteiger partial charge on any atom is 0.340 e. The largest absolute Gasteiger partial charge is 0.462 e. The molecule has 0 saturated carbocycles. The highest BCUT2D eigenvalue weighted by Crippen LogP contribution is 2.16. The molecule has 0 radical (unpaired) electrons. The maximum absolute atomic E-state index is 12.4. The number of carbonyl (C=O) groups is 1. The van der Waals surface area contributed by atoms with Crippen LogP contribution >= 0.6 is 0 Å². The average molecular weight is 377 g/mol. The van der Waals surface area contributed by atoms with Crippen molar-refractivity contribution in [2.45, 2.75) is 12.8 Å². The number of hydrogen-bond donors (Lipinski definition) is 0. The molecule has 0 atom stereocenters. The monoisotopic (exact) mass is 377 g/mol. The van der Waals surface area contributed by atoms with E-state index in [1.807, 2.05) is 6.07 Å². The number of benzene rings is 1. The predicted molar refractivity (Wildman–Crippen MR) is 95.3 cm³/mol. The molecule has 3 heterocycles. The Kier molecular flexibility index (Phi) is 5.09. The third-order valence-electron chi connectivity index (χ3n) is 3.88. The van der Waals surface area contributed by atoms with Gasteiger partial charge in [0.15, 0.2) is 0 Å². The zero-order valence-corrected chi connectivity index (χ0v) is 14.7. The van der Waals surface area contributed by atoms with E-state index in [0.29, 0.717) is 35.8 Å². The predicted octanol–water partition coefficient (Wildman–Crippen LogP) is 1.90. The van der Waals surface area contributed by atoms with Crippen LogP contribution in [-0.4, -0.2) is 47.9 Å². The Morgan fingerprint density at radius 1 is 1.18 bits per heavy atom. The molecule has 4 aromatic rings. The van der Waals surface area contributed by atoms with Gasteiger partial charge in [-0.05, 0) is 41.1 Å². The van der Waals surface area contributed by atoms with E-state index < -0.39 is 5.97 Å². The molecule has 3 aromatic heterocycles. The van der Waals surface area contributed by atoms with Gasteiger partial charge >= 0.3 is 5.97 Å². The van der Waals surface area contributed by atoms with E-state index in [1.165, 1.54) is 11.0 Å². The van der Waals surface area contributed by atoms with Gasteiger partial charge in [-0.1, -0.05) is 17.3 Å². The van der Waals surface area contributed by atoms with Gasteiger partial charge in [0.05, 0.1) is 17.9 Å². The van der Waals surface area contributed by atoms with Crippen molar-refractivity contribution in [3.63, 3.8) is 0 Å². The summed E-state index contributed by atoms with van der Waals surface area (Å²) >= 11 is 0. The summed E-state index contributed by atoms with van der Waals surface area (Å²) in [5.41, 5.74) is 1.71. The zero-order chi connectivity index (χ0) is 19.2. The van der Waals surface area contributed by atoms with Crippen molar-refractivity contribution in [3.05, 3.63) is 66.6 Å². The van der Waals surface area contributed by atoms with Crippen LogP contribution in [0, 0.1) is 0 Å². The molecule has 0 aliphatic heterocycles. The Hall–Kier alpha value is -3.95. The second-order valence-corrected chi connectivity index (χ2v) is 5.76.